The molecule has 0 spiro atoms. The van der Waals surface area contributed by atoms with E-state index in [1.54, 1.807) is 16.7 Å². The maximum atomic E-state index is 12.6. The molecule has 2 rings (SSSR count). The average molecular weight is 321 g/mol. The van der Waals surface area contributed by atoms with Crippen molar-refractivity contribution in [3.63, 3.8) is 0 Å². The smallest absolute Gasteiger partial charge is 0.249 e. The number of nitrogens with zero attached hydrogens (tertiary/aromatic N) is 1. The first-order valence-corrected chi connectivity index (χ1v) is 8.87. The first-order chi connectivity index (χ1) is 10.5. The van der Waals surface area contributed by atoms with Crippen LogP contribution < -0.4 is 16.0 Å². The Morgan fingerprint density at radius 3 is 2.77 bits per heavy atom. The summed E-state index contributed by atoms with van der Waals surface area (Å²) in [6, 6.07) is 8.55. The lowest BCUT2D eigenvalue weighted by Crippen LogP contribution is -2.48. The summed E-state index contributed by atoms with van der Waals surface area (Å²) in [5, 5.41) is 2.80. The minimum absolute atomic E-state index is 0.0580. The van der Waals surface area contributed by atoms with Crippen molar-refractivity contribution < 1.29 is 9.59 Å². The third-order valence-corrected chi connectivity index (χ3v) is 4.52. The predicted octanol–water partition coefficient (Wildman–Crippen LogP) is 1.38. The van der Waals surface area contributed by atoms with E-state index in [1.807, 2.05) is 43.5 Å². The Hall–Kier alpha value is -1.53. The quantitative estimate of drug-likeness (QED) is 0.830. The average Bonchev–Trinajstić information content (AvgIpc) is 2.79. The van der Waals surface area contributed by atoms with E-state index in [2.05, 4.69) is 5.32 Å². The number of carbonyl (C=O) groups excluding carboxylic acids is 2. The number of para-hydroxylation sites is 1. The molecule has 6 heteroatoms. The Balaban J connectivity index is 2.00. The summed E-state index contributed by atoms with van der Waals surface area (Å²) in [5.41, 5.74) is 6.72. The molecule has 0 aromatic heterocycles. The number of hydrogen-bond acceptors (Lipinski definition) is 4. The maximum absolute atomic E-state index is 12.6. The number of benzene rings is 1. The third-order valence-electron chi connectivity index (χ3n) is 3.87. The van der Waals surface area contributed by atoms with Gasteiger partial charge >= 0.3 is 0 Å². The summed E-state index contributed by atoms with van der Waals surface area (Å²) in [6.07, 6.45) is 3.20. The van der Waals surface area contributed by atoms with Crippen molar-refractivity contribution in [1.82, 2.24) is 5.32 Å². The Bertz CT molecular complexity index is 523. The lowest BCUT2D eigenvalue weighted by Gasteiger charge is -2.21. The highest BCUT2D eigenvalue weighted by molar-refractivity contribution is 7.98. The van der Waals surface area contributed by atoms with Crippen LogP contribution in [-0.2, 0) is 9.59 Å². The van der Waals surface area contributed by atoms with Gasteiger partial charge < -0.3 is 16.0 Å². The van der Waals surface area contributed by atoms with Crippen LogP contribution in [0.25, 0.3) is 0 Å². The number of carbonyl (C=O) groups is 2. The normalized spacial score (nSPS) is 22.7. The molecule has 1 aliphatic rings. The van der Waals surface area contributed by atoms with Crippen LogP contribution >= 0.6 is 11.8 Å². The lowest BCUT2D eigenvalue weighted by molar-refractivity contribution is -0.127. The van der Waals surface area contributed by atoms with Gasteiger partial charge in [0.05, 0.1) is 6.04 Å². The van der Waals surface area contributed by atoms with E-state index >= 15 is 0 Å². The maximum Gasteiger partial charge on any atom is 0.249 e. The molecule has 3 N–H and O–H groups in total. The minimum Gasteiger partial charge on any atom is -0.343 e. The summed E-state index contributed by atoms with van der Waals surface area (Å²) in [4.78, 5) is 26.4. The standard InChI is InChI=1S/C16H23N3O2S/c1-11-10-14(18-15(20)13(17)8-9-22-2)16(21)19(11)12-6-4-3-5-7-12/h3-7,11,13-14H,8-10,17H2,1-2H3,(H,18,20)/t11?,13-,14?/m0/s1. The molecule has 1 aliphatic heterocycles. The van der Waals surface area contributed by atoms with Gasteiger partial charge in [0.15, 0.2) is 0 Å². The molecule has 1 aromatic rings. The van der Waals surface area contributed by atoms with Crippen LogP contribution in [0.5, 0.6) is 0 Å². The molecule has 0 bridgehead atoms. The Labute approximate surface area is 135 Å². The fraction of sp³-hybridized carbons (Fsp3) is 0.500. The molecule has 1 fully saturated rings. The van der Waals surface area contributed by atoms with E-state index in [1.165, 1.54) is 0 Å². The van der Waals surface area contributed by atoms with E-state index in [0.717, 1.165) is 11.4 Å². The lowest BCUT2D eigenvalue weighted by atomic mass is 10.1. The zero-order valence-corrected chi connectivity index (χ0v) is 13.8. The summed E-state index contributed by atoms with van der Waals surface area (Å²) >= 11 is 1.65. The van der Waals surface area contributed by atoms with Crippen molar-refractivity contribution in [1.29, 1.82) is 0 Å². The molecule has 22 heavy (non-hydrogen) atoms. The van der Waals surface area contributed by atoms with E-state index in [-0.39, 0.29) is 17.9 Å². The topological polar surface area (TPSA) is 75.4 Å². The van der Waals surface area contributed by atoms with Crippen LogP contribution in [-0.4, -0.2) is 41.9 Å². The molecule has 5 nitrogen and oxygen atoms in total. The van der Waals surface area contributed by atoms with Gasteiger partial charge in [-0.1, -0.05) is 18.2 Å². The van der Waals surface area contributed by atoms with Crippen molar-refractivity contribution in [2.45, 2.75) is 37.9 Å². The van der Waals surface area contributed by atoms with Crippen LogP contribution in [0, 0.1) is 0 Å². The highest BCUT2D eigenvalue weighted by atomic mass is 32.2. The summed E-state index contributed by atoms with van der Waals surface area (Å²) in [6.45, 7) is 1.99. The van der Waals surface area contributed by atoms with Gasteiger partial charge in [-0.15, -0.1) is 0 Å². The van der Waals surface area contributed by atoms with Crippen molar-refractivity contribution in [3.8, 4) is 0 Å². The summed E-state index contributed by atoms with van der Waals surface area (Å²) < 4.78 is 0. The molecule has 3 atom stereocenters. The Kier molecular flexibility index (Phi) is 5.85. The zero-order valence-electron chi connectivity index (χ0n) is 13.0. The van der Waals surface area contributed by atoms with E-state index in [0.29, 0.717) is 12.8 Å². The molecule has 1 saturated heterocycles. The molecular weight excluding hydrogens is 298 g/mol. The molecule has 0 radical (unpaired) electrons. The van der Waals surface area contributed by atoms with Crippen molar-refractivity contribution in [3.05, 3.63) is 30.3 Å². The van der Waals surface area contributed by atoms with Crippen LogP contribution in [0.15, 0.2) is 30.3 Å². The van der Waals surface area contributed by atoms with Crippen molar-refractivity contribution in [2.75, 3.05) is 16.9 Å². The minimum atomic E-state index is -0.554. The van der Waals surface area contributed by atoms with Gasteiger partial charge in [0.1, 0.15) is 6.04 Å². The van der Waals surface area contributed by atoms with Crippen LogP contribution in [0.1, 0.15) is 19.8 Å². The fourth-order valence-electron chi connectivity index (χ4n) is 2.68. The molecule has 1 heterocycles. The molecule has 1 aromatic carbocycles. The molecule has 2 amide bonds. The predicted molar refractivity (Wildman–Crippen MR) is 90.9 cm³/mol. The second-order valence-corrected chi connectivity index (χ2v) is 6.56. The number of nitrogens with two attached hydrogens (primary N) is 1. The SMILES string of the molecule is CSCC[C@H](N)C(=O)NC1CC(C)N(c2ccccc2)C1=O. The largest absolute Gasteiger partial charge is 0.343 e. The fourth-order valence-corrected chi connectivity index (χ4v) is 3.17. The Morgan fingerprint density at radius 2 is 2.14 bits per heavy atom. The highest BCUT2D eigenvalue weighted by Gasteiger charge is 2.39. The zero-order chi connectivity index (χ0) is 16.1. The second kappa shape index (κ2) is 7.65. The number of hydrogen-bond donors (Lipinski definition) is 2. The van der Waals surface area contributed by atoms with Crippen LogP contribution in [0.4, 0.5) is 5.69 Å². The van der Waals surface area contributed by atoms with Crippen LogP contribution in [0.2, 0.25) is 0 Å². The number of rotatable bonds is 6. The van der Waals surface area contributed by atoms with Crippen molar-refractivity contribution in [2.24, 2.45) is 5.73 Å². The van der Waals surface area contributed by atoms with Gasteiger partial charge in [-0.05, 0) is 43.9 Å². The van der Waals surface area contributed by atoms with Gasteiger partial charge in [0.25, 0.3) is 0 Å². The van der Waals surface area contributed by atoms with Gasteiger partial charge in [-0.2, -0.15) is 11.8 Å². The number of thioether (sulfide) groups is 1. The molecule has 0 saturated carbocycles. The van der Waals surface area contributed by atoms with Crippen LogP contribution in [0.3, 0.4) is 0 Å². The van der Waals surface area contributed by atoms with Gasteiger partial charge in [0.2, 0.25) is 11.8 Å². The van der Waals surface area contributed by atoms with E-state index in [4.69, 9.17) is 5.73 Å². The number of nitrogens with one attached hydrogen (secondary N) is 1. The molecule has 0 aliphatic carbocycles. The molecular formula is C16H23N3O2S. The number of anilines is 1. The summed E-state index contributed by atoms with van der Waals surface area (Å²) in [5.74, 6) is 0.526. The molecule has 120 valence electrons. The third kappa shape index (κ3) is 3.81. The second-order valence-electron chi connectivity index (χ2n) is 5.58. The first-order valence-electron chi connectivity index (χ1n) is 7.47. The number of amides is 2. The highest BCUT2D eigenvalue weighted by Crippen LogP contribution is 2.26. The molecule has 2 unspecified atom stereocenters. The van der Waals surface area contributed by atoms with Gasteiger partial charge in [-0.3, -0.25) is 9.59 Å². The van der Waals surface area contributed by atoms with Gasteiger partial charge in [-0.25, -0.2) is 0 Å². The van der Waals surface area contributed by atoms with E-state index in [9.17, 15) is 9.59 Å². The summed E-state index contributed by atoms with van der Waals surface area (Å²) in [7, 11) is 0. The van der Waals surface area contributed by atoms with Gasteiger partial charge in [0, 0.05) is 11.7 Å². The Morgan fingerprint density at radius 1 is 1.45 bits per heavy atom. The van der Waals surface area contributed by atoms with Crippen molar-refractivity contribution >= 4 is 29.3 Å². The van der Waals surface area contributed by atoms with E-state index < -0.39 is 12.1 Å². The monoisotopic (exact) mass is 321 g/mol. The first kappa shape index (κ1) is 16.8.